The van der Waals surface area contributed by atoms with Gasteiger partial charge < -0.3 is 5.32 Å². The van der Waals surface area contributed by atoms with Gasteiger partial charge in [-0.05, 0) is 44.5 Å². The van der Waals surface area contributed by atoms with Gasteiger partial charge in [0.25, 0.3) is 0 Å². The highest BCUT2D eigenvalue weighted by molar-refractivity contribution is 5.85. The summed E-state index contributed by atoms with van der Waals surface area (Å²) >= 11 is 0. The summed E-state index contributed by atoms with van der Waals surface area (Å²) in [5, 5.41) is 3.64. The number of rotatable bonds is 6. The van der Waals surface area contributed by atoms with Crippen LogP contribution < -0.4 is 5.32 Å². The average molecular weight is 319 g/mol. The molecule has 1 fully saturated rings. The second-order valence-electron chi connectivity index (χ2n) is 5.29. The lowest BCUT2D eigenvalue weighted by atomic mass is 10.0. The first-order valence-electron chi connectivity index (χ1n) is 7.38. The second kappa shape index (κ2) is 11.4. The average Bonchev–Trinajstić information content (AvgIpc) is 2.45. The molecule has 1 saturated heterocycles. The highest BCUT2D eigenvalue weighted by Crippen LogP contribution is 2.12. The van der Waals surface area contributed by atoms with Crippen LogP contribution in [0.2, 0.25) is 0 Å². The Kier molecular flexibility index (Phi) is 11.2. The molecule has 116 valence electrons. The molecule has 0 spiro atoms. The maximum atomic E-state index is 3.64. The van der Waals surface area contributed by atoms with Crippen LogP contribution in [0.1, 0.15) is 38.2 Å². The van der Waals surface area contributed by atoms with Gasteiger partial charge in [0.1, 0.15) is 0 Å². The van der Waals surface area contributed by atoms with Crippen LogP contribution in [0.25, 0.3) is 0 Å². The van der Waals surface area contributed by atoms with Crippen LogP contribution in [0.15, 0.2) is 30.3 Å². The van der Waals surface area contributed by atoms with Gasteiger partial charge in [0, 0.05) is 12.6 Å². The van der Waals surface area contributed by atoms with Gasteiger partial charge >= 0.3 is 0 Å². The fourth-order valence-electron chi connectivity index (χ4n) is 2.70. The van der Waals surface area contributed by atoms with Gasteiger partial charge in [0.15, 0.2) is 0 Å². The maximum absolute atomic E-state index is 3.64. The number of hydrogen-bond donors (Lipinski definition) is 1. The molecule has 1 aliphatic heterocycles. The molecule has 20 heavy (non-hydrogen) atoms. The molecule has 0 amide bonds. The third kappa shape index (κ3) is 6.94. The predicted octanol–water partition coefficient (Wildman–Crippen LogP) is 3.88. The Morgan fingerprint density at radius 2 is 1.90 bits per heavy atom. The summed E-state index contributed by atoms with van der Waals surface area (Å²) in [5.41, 5.74) is 1.43. The van der Waals surface area contributed by atoms with E-state index in [4.69, 9.17) is 0 Å². The van der Waals surface area contributed by atoms with E-state index in [9.17, 15) is 0 Å². The van der Waals surface area contributed by atoms with Crippen LogP contribution >= 0.6 is 24.8 Å². The van der Waals surface area contributed by atoms with E-state index in [1.807, 2.05) is 0 Å². The number of nitrogens with one attached hydrogen (secondary N) is 1. The van der Waals surface area contributed by atoms with Crippen LogP contribution in [0, 0.1) is 0 Å². The minimum absolute atomic E-state index is 0. The van der Waals surface area contributed by atoms with E-state index in [1.54, 1.807) is 0 Å². The van der Waals surface area contributed by atoms with Crippen LogP contribution in [0.3, 0.4) is 0 Å². The zero-order chi connectivity index (χ0) is 12.6. The molecule has 2 rings (SSSR count). The molecule has 1 heterocycles. The summed E-state index contributed by atoms with van der Waals surface area (Å²) in [6, 6.07) is 11.6. The van der Waals surface area contributed by atoms with Crippen molar-refractivity contribution in [3.63, 3.8) is 0 Å². The van der Waals surface area contributed by atoms with Crippen molar-refractivity contribution in [1.82, 2.24) is 10.2 Å². The molecule has 1 atom stereocenters. The topological polar surface area (TPSA) is 15.3 Å². The van der Waals surface area contributed by atoms with Crippen molar-refractivity contribution in [3.05, 3.63) is 35.9 Å². The minimum Gasteiger partial charge on any atom is -0.314 e. The zero-order valence-corrected chi connectivity index (χ0v) is 14.0. The molecule has 0 aliphatic carbocycles. The first kappa shape index (κ1) is 19.7. The lowest BCUT2D eigenvalue weighted by Gasteiger charge is -2.27. The molecule has 1 N–H and O–H groups in total. The summed E-state index contributed by atoms with van der Waals surface area (Å²) in [4.78, 5) is 2.55. The first-order chi connectivity index (χ1) is 8.88. The van der Waals surface area contributed by atoms with Crippen molar-refractivity contribution in [2.45, 2.75) is 45.2 Å². The van der Waals surface area contributed by atoms with Gasteiger partial charge in [0.2, 0.25) is 0 Å². The van der Waals surface area contributed by atoms with Crippen molar-refractivity contribution in [3.8, 4) is 0 Å². The van der Waals surface area contributed by atoms with E-state index in [2.05, 4.69) is 47.5 Å². The fourth-order valence-corrected chi connectivity index (χ4v) is 2.70. The first-order valence-corrected chi connectivity index (χ1v) is 7.38. The Balaban J connectivity index is 0.00000180. The van der Waals surface area contributed by atoms with Crippen molar-refractivity contribution < 1.29 is 0 Å². The van der Waals surface area contributed by atoms with Crippen molar-refractivity contribution in [1.29, 1.82) is 0 Å². The molecule has 4 heteroatoms. The lowest BCUT2D eigenvalue weighted by Crippen LogP contribution is -2.37. The Labute approximate surface area is 136 Å². The number of hydrogen-bond acceptors (Lipinski definition) is 2. The number of benzene rings is 1. The summed E-state index contributed by atoms with van der Waals surface area (Å²) in [6.07, 6.45) is 5.42. The van der Waals surface area contributed by atoms with Crippen LogP contribution in [0.4, 0.5) is 0 Å². The van der Waals surface area contributed by atoms with E-state index in [1.165, 1.54) is 44.3 Å². The van der Waals surface area contributed by atoms with Crippen molar-refractivity contribution in [2.75, 3.05) is 19.6 Å². The zero-order valence-electron chi connectivity index (χ0n) is 12.4. The molecule has 2 nitrogen and oxygen atoms in total. The predicted molar refractivity (Wildman–Crippen MR) is 92.1 cm³/mol. The van der Waals surface area contributed by atoms with Crippen LogP contribution in [-0.4, -0.2) is 30.6 Å². The van der Waals surface area contributed by atoms with E-state index < -0.39 is 0 Å². The molecule has 0 bridgehead atoms. The third-order valence-electron chi connectivity index (χ3n) is 3.90. The van der Waals surface area contributed by atoms with Gasteiger partial charge in [-0.1, -0.05) is 43.7 Å². The largest absolute Gasteiger partial charge is 0.314 e. The highest BCUT2D eigenvalue weighted by Gasteiger charge is 2.13. The van der Waals surface area contributed by atoms with Crippen molar-refractivity contribution >= 4 is 24.8 Å². The monoisotopic (exact) mass is 318 g/mol. The van der Waals surface area contributed by atoms with E-state index in [0.717, 1.165) is 19.1 Å². The summed E-state index contributed by atoms with van der Waals surface area (Å²) in [6.45, 7) is 6.92. The smallest absolute Gasteiger partial charge is 0.0233 e. The van der Waals surface area contributed by atoms with Gasteiger partial charge in [-0.2, -0.15) is 0 Å². The highest BCUT2D eigenvalue weighted by atomic mass is 35.5. The number of halogens is 2. The summed E-state index contributed by atoms with van der Waals surface area (Å²) in [7, 11) is 0. The minimum atomic E-state index is 0. The molecule has 1 aromatic carbocycles. The fraction of sp³-hybridized carbons (Fsp3) is 0.625. The molecule has 0 aromatic heterocycles. The molecular weight excluding hydrogens is 291 g/mol. The van der Waals surface area contributed by atoms with Gasteiger partial charge in [-0.3, -0.25) is 4.90 Å². The van der Waals surface area contributed by atoms with E-state index >= 15 is 0 Å². The van der Waals surface area contributed by atoms with Gasteiger partial charge in [-0.25, -0.2) is 0 Å². The van der Waals surface area contributed by atoms with Crippen LogP contribution in [0.5, 0.6) is 0 Å². The van der Waals surface area contributed by atoms with E-state index in [-0.39, 0.29) is 24.8 Å². The Morgan fingerprint density at radius 1 is 1.15 bits per heavy atom. The molecule has 1 aromatic rings. The summed E-state index contributed by atoms with van der Waals surface area (Å²) in [5.74, 6) is 0. The summed E-state index contributed by atoms with van der Waals surface area (Å²) < 4.78 is 0. The second-order valence-corrected chi connectivity index (χ2v) is 5.29. The van der Waals surface area contributed by atoms with Gasteiger partial charge in [0.05, 0.1) is 0 Å². The van der Waals surface area contributed by atoms with Crippen LogP contribution in [-0.2, 0) is 6.54 Å². The van der Waals surface area contributed by atoms with E-state index in [0.29, 0.717) is 0 Å². The third-order valence-corrected chi connectivity index (χ3v) is 3.90. The molecule has 1 unspecified atom stereocenters. The molecule has 0 radical (unpaired) electrons. The normalized spacial score (nSPS) is 18.2. The quantitative estimate of drug-likeness (QED) is 0.856. The van der Waals surface area contributed by atoms with Crippen molar-refractivity contribution in [2.24, 2.45) is 0 Å². The number of nitrogens with zero attached hydrogens (tertiary/aromatic N) is 1. The Morgan fingerprint density at radius 3 is 2.50 bits per heavy atom. The SMILES string of the molecule is CCN(CCC1CCCCN1)Cc1ccccc1.Cl.Cl. The lowest BCUT2D eigenvalue weighted by molar-refractivity contribution is 0.249. The number of piperidine rings is 1. The van der Waals surface area contributed by atoms with Gasteiger partial charge in [-0.15, -0.1) is 24.8 Å². The maximum Gasteiger partial charge on any atom is 0.0233 e. The molecule has 1 aliphatic rings. The standard InChI is InChI=1S/C16H26N2.2ClH/c1-2-18(14-15-8-4-3-5-9-15)13-11-16-10-6-7-12-17-16;;/h3-5,8-9,16-17H,2,6-7,10-14H2,1H3;2*1H. The Bertz CT molecular complexity index is 327. The molecule has 0 saturated carbocycles. The molecular formula is C16H28Cl2N2. The Hall–Kier alpha value is -0.280.